The van der Waals surface area contributed by atoms with Crippen LogP contribution in [0.15, 0.2) is 0 Å². The van der Waals surface area contributed by atoms with Crippen LogP contribution >= 0.6 is 0 Å². The van der Waals surface area contributed by atoms with Gasteiger partial charge in [-0.15, -0.1) is 0 Å². The van der Waals surface area contributed by atoms with E-state index in [0.29, 0.717) is 0 Å². The second-order valence-corrected chi connectivity index (χ2v) is 5.72. The van der Waals surface area contributed by atoms with Crippen molar-refractivity contribution in [2.24, 2.45) is 11.5 Å². The monoisotopic (exact) mass is 206 g/mol. The number of rotatable bonds is 7. The molecule has 0 radical (unpaired) electrons. The first-order valence-corrected chi connectivity index (χ1v) is 6.42. The van der Waals surface area contributed by atoms with Gasteiger partial charge in [0.05, 0.1) is 0 Å². The molecule has 0 aromatic heterocycles. The lowest BCUT2D eigenvalue weighted by molar-refractivity contribution is 0.273. The van der Waals surface area contributed by atoms with Crippen molar-refractivity contribution in [2.45, 2.75) is 37.9 Å². The Bertz CT molecular complexity index is 121. The van der Waals surface area contributed by atoms with Crippen molar-refractivity contribution in [1.82, 2.24) is 0 Å². The van der Waals surface area contributed by atoms with Crippen LogP contribution in [0, 0.1) is 0 Å². The van der Waals surface area contributed by atoms with Crippen LogP contribution in [0.5, 0.6) is 0 Å². The number of hydrogen-bond donors (Lipinski definition) is 2. The third-order valence-electron chi connectivity index (χ3n) is 2.01. The highest BCUT2D eigenvalue weighted by Gasteiger charge is 2.15. The first-order chi connectivity index (χ1) is 6.10. The SMILES string of the molecule is CO[SiH](CC(N)CCC(C)N)OC. The molecule has 4 N–H and O–H groups in total. The van der Waals surface area contributed by atoms with Gasteiger partial charge in [0, 0.05) is 32.3 Å². The van der Waals surface area contributed by atoms with Crippen molar-refractivity contribution >= 4 is 9.28 Å². The van der Waals surface area contributed by atoms with E-state index in [9.17, 15) is 0 Å². The summed E-state index contributed by atoms with van der Waals surface area (Å²) in [5, 5.41) is 0. The largest absolute Gasteiger partial charge is 0.400 e. The number of hydrogen-bond acceptors (Lipinski definition) is 4. The molecule has 0 saturated heterocycles. The van der Waals surface area contributed by atoms with Gasteiger partial charge in [-0.25, -0.2) is 0 Å². The van der Waals surface area contributed by atoms with Gasteiger partial charge in [0.1, 0.15) is 0 Å². The fourth-order valence-corrected chi connectivity index (χ4v) is 2.44. The van der Waals surface area contributed by atoms with E-state index in [1.165, 1.54) is 0 Å². The van der Waals surface area contributed by atoms with E-state index in [1.54, 1.807) is 14.2 Å². The van der Waals surface area contributed by atoms with Crippen molar-refractivity contribution in [1.29, 1.82) is 0 Å². The molecule has 0 aromatic rings. The molecule has 13 heavy (non-hydrogen) atoms. The molecule has 0 saturated carbocycles. The molecule has 0 rings (SSSR count). The van der Waals surface area contributed by atoms with Crippen LogP contribution in [-0.2, 0) is 8.85 Å². The van der Waals surface area contributed by atoms with Gasteiger partial charge in [-0.1, -0.05) is 0 Å². The molecule has 5 heteroatoms. The second kappa shape index (κ2) is 7.46. The Kier molecular flexibility index (Phi) is 7.49. The lowest BCUT2D eigenvalue weighted by Crippen LogP contribution is -2.32. The van der Waals surface area contributed by atoms with Crippen LogP contribution in [0.1, 0.15) is 19.8 Å². The van der Waals surface area contributed by atoms with E-state index < -0.39 is 9.28 Å². The molecule has 0 aliphatic carbocycles. The maximum absolute atomic E-state index is 5.89. The normalized spacial score (nSPS) is 16.2. The Balaban J connectivity index is 3.53. The summed E-state index contributed by atoms with van der Waals surface area (Å²) < 4.78 is 10.4. The highest BCUT2D eigenvalue weighted by atomic mass is 28.3. The maximum atomic E-state index is 5.89. The average molecular weight is 206 g/mol. The Morgan fingerprint density at radius 1 is 1.15 bits per heavy atom. The average Bonchev–Trinajstić information content (AvgIpc) is 2.10. The summed E-state index contributed by atoms with van der Waals surface area (Å²) >= 11 is 0. The van der Waals surface area contributed by atoms with Gasteiger partial charge in [0.25, 0.3) is 0 Å². The molecule has 2 atom stereocenters. The van der Waals surface area contributed by atoms with Crippen molar-refractivity contribution in [3.05, 3.63) is 0 Å². The predicted molar refractivity (Wildman–Crippen MR) is 56.8 cm³/mol. The Morgan fingerprint density at radius 2 is 1.69 bits per heavy atom. The molecule has 4 nitrogen and oxygen atoms in total. The minimum Gasteiger partial charge on any atom is -0.400 e. The first-order valence-electron chi connectivity index (χ1n) is 4.66. The molecule has 0 fully saturated rings. The zero-order valence-corrected chi connectivity index (χ0v) is 9.98. The van der Waals surface area contributed by atoms with Gasteiger partial charge in [-0.05, 0) is 19.8 Å². The van der Waals surface area contributed by atoms with E-state index >= 15 is 0 Å². The molecule has 0 spiro atoms. The fourth-order valence-electron chi connectivity index (χ4n) is 1.13. The summed E-state index contributed by atoms with van der Waals surface area (Å²) in [7, 11) is 1.88. The summed E-state index contributed by atoms with van der Waals surface area (Å²) in [5.74, 6) is 0. The molecular weight excluding hydrogens is 184 g/mol. The minimum absolute atomic E-state index is 0.169. The van der Waals surface area contributed by atoms with Crippen molar-refractivity contribution in [3.63, 3.8) is 0 Å². The van der Waals surface area contributed by atoms with Gasteiger partial charge in [0.15, 0.2) is 0 Å². The predicted octanol–water partition coefficient (Wildman–Crippen LogP) is -0.0456. The smallest absolute Gasteiger partial charge is 0.322 e. The summed E-state index contributed by atoms with van der Waals surface area (Å²) in [6.45, 7) is 1.99. The highest BCUT2D eigenvalue weighted by molar-refractivity contribution is 6.44. The zero-order valence-electron chi connectivity index (χ0n) is 8.82. The van der Waals surface area contributed by atoms with Crippen LogP contribution in [0.25, 0.3) is 0 Å². The maximum Gasteiger partial charge on any atom is 0.322 e. The van der Waals surface area contributed by atoms with Gasteiger partial charge in [-0.2, -0.15) is 0 Å². The van der Waals surface area contributed by atoms with E-state index in [2.05, 4.69) is 0 Å². The minimum atomic E-state index is -1.48. The third kappa shape index (κ3) is 7.15. The third-order valence-corrected chi connectivity index (χ3v) is 4.06. The van der Waals surface area contributed by atoms with Crippen molar-refractivity contribution in [2.75, 3.05) is 14.2 Å². The molecule has 0 aromatic carbocycles. The molecule has 0 aliphatic heterocycles. The van der Waals surface area contributed by atoms with E-state index in [4.69, 9.17) is 20.3 Å². The molecule has 0 aliphatic rings. The molecular formula is C8H22N2O2Si. The summed E-state index contributed by atoms with van der Waals surface area (Å²) in [6.07, 6.45) is 1.92. The summed E-state index contributed by atoms with van der Waals surface area (Å²) in [6, 6.07) is 1.26. The highest BCUT2D eigenvalue weighted by Crippen LogP contribution is 2.05. The standard InChI is InChI=1S/C8H22N2O2Si/c1-7(9)4-5-8(10)6-13(11-2)12-3/h7-8,13H,4-6,9-10H2,1-3H3. The lowest BCUT2D eigenvalue weighted by Gasteiger charge is -2.17. The van der Waals surface area contributed by atoms with Gasteiger partial charge < -0.3 is 20.3 Å². The summed E-state index contributed by atoms with van der Waals surface area (Å²) in [5.41, 5.74) is 11.5. The number of nitrogens with two attached hydrogens (primary N) is 2. The fraction of sp³-hybridized carbons (Fsp3) is 1.00. The van der Waals surface area contributed by atoms with Gasteiger partial charge in [0.2, 0.25) is 0 Å². The molecule has 80 valence electrons. The van der Waals surface area contributed by atoms with Gasteiger partial charge >= 0.3 is 9.28 Å². The first kappa shape index (κ1) is 13.1. The van der Waals surface area contributed by atoms with E-state index in [1.807, 2.05) is 6.92 Å². The van der Waals surface area contributed by atoms with Crippen LogP contribution in [-0.4, -0.2) is 35.6 Å². The van der Waals surface area contributed by atoms with Crippen LogP contribution in [0.2, 0.25) is 6.04 Å². The van der Waals surface area contributed by atoms with E-state index in [-0.39, 0.29) is 12.1 Å². The van der Waals surface area contributed by atoms with Crippen LogP contribution in [0.3, 0.4) is 0 Å². The summed E-state index contributed by atoms with van der Waals surface area (Å²) in [4.78, 5) is 0. The Morgan fingerprint density at radius 3 is 2.08 bits per heavy atom. The molecule has 0 bridgehead atoms. The quantitative estimate of drug-likeness (QED) is 0.573. The topological polar surface area (TPSA) is 70.5 Å². The molecule has 0 heterocycles. The van der Waals surface area contributed by atoms with Crippen molar-refractivity contribution < 1.29 is 8.85 Å². The Labute approximate surface area is 82.4 Å². The Hall–Kier alpha value is 0.0569. The van der Waals surface area contributed by atoms with Crippen LogP contribution in [0.4, 0.5) is 0 Å². The lowest BCUT2D eigenvalue weighted by atomic mass is 10.1. The van der Waals surface area contributed by atoms with Crippen molar-refractivity contribution in [3.8, 4) is 0 Å². The zero-order chi connectivity index (χ0) is 10.3. The second-order valence-electron chi connectivity index (χ2n) is 3.45. The van der Waals surface area contributed by atoms with Crippen LogP contribution < -0.4 is 11.5 Å². The molecule has 0 amide bonds. The van der Waals surface area contributed by atoms with Gasteiger partial charge in [-0.3, -0.25) is 0 Å². The molecule has 2 unspecified atom stereocenters. The van der Waals surface area contributed by atoms with E-state index in [0.717, 1.165) is 18.9 Å².